The first-order chi connectivity index (χ1) is 7.56. The molecule has 0 spiro atoms. The highest BCUT2D eigenvalue weighted by Gasteiger charge is 2.04. The standard InChI is InChI=1S/C11H10F2N2O/c1-14-2-3-15(11(14)16)7-8-4-9(12)6-10(13)5-8/h2-6H,7H2,1H3. The van der Waals surface area contributed by atoms with Crippen molar-refractivity contribution in [1.29, 1.82) is 0 Å². The van der Waals surface area contributed by atoms with Crippen LogP contribution in [-0.4, -0.2) is 9.13 Å². The summed E-state index contributed by atoms with van der Waals surface area (Å²) < 4.78 is 28.6. The average molecular weight is 224 g/mol. The van der Waals surface area contributed by atoms with Gasteiger partial charge in [-0.1, -0.05) is 0 Å². The van der Waals surface area contributed by atoms with Gasteiger partial charge in [0.1, 0.15) is 11.6 Å². The highest BCUT2D eigenvalue weighted by atomic mass is 19.1. The Bertz CT molecular complexity index is 551. The molecule has 0 saturated heterocycles. The molecule has 2 aromatic rings. The van der Waals surface area contributed by atoms with Crippen LogP contribution in [0.1, 0.15) is 5.56 Å². The Labute approximate surface area is 90.6 Å². The monoisotopic (exact) mass is 224 g/mol. The van der Waals surface area contributed by atoms with Crippen LogP contribution in [0.2, 0.25) is 0 Å². The molecule has 0 fully saturated rings. The topological polar surface area (TPSA) is 26.9 Å². The third kappa shape index (κ3) is 2.03. The largest absolute Gasteiger partial charge is 0.328 e. The lowest BCUT2D eigenvalue weighted by molar-refractivity contribution is 0.576. The zero-order valence-corrected chi connectivity index (χ0v) is 8.65. The normalized spacial score (nSPS) is 10.7. The summed E-state index contributed by atoms with van der Waals surface area (Å²) >= 11 is 0. The summed E-state index contributed by atoms with van der Waals surface area (Å²) in [6.07, 6.45) is 3.17. The molecule has 0 saturated carbocycles. The minimum absolute atomic E-state index is 0.161. The second kappa shape index (κ2) is 3.92. The Balaban J connectivity index is 2.34. The molecule has 0 aliphatic heterocycles. The number of halogens is 2. The molecule has 84 valence electrons. The summed E-state index contributed by atoms with van der Waals surface area (Å²) in [5.74, 6) is -1.28. The number of imidazole rings is 1. The fourth-order valence-corrected chi connectivity index (χ4v) is 1.53. The minimum atomic E-state index is -0.640. The Morgan fingerprint density at radius 2 is 1.75 bits per heavy atom. The van der Waals surface area contributed by atoms with Gasteiger partial charge < -0.3 is 4.57 Å². The molecule has 0 amide bonds. The quantitative estimate of drug-likeness (QED) is 0.759. The molecular weight excluding hydrogens is 214 g/mol. The van der Waals surface area contributed by atoms with Gasteiger partial charge >= 0.3 is 5.69 Å². The lowest BCUT2D eigenvalue weighted by Crippen LogP contribution is -2.22. The molecule has 0 radical (unpaired) electrons. The molecule has 0 N–H and O–H groups in total. The Morgan fingerprint density at radius 1 is 1.12 bits per heavy atom. The van der Waals surface area contributed by atoms with Crippen molar-refractivity contribution in [2.45, 2.75) is 6.54 Å². The van der Waals surface area contributed by atoms with Gasteiger partial charge in [-0.05, 0) is 17.7 Å². The SMILES string of the molecule is Cn1ccn(Cc2cc(F)cc(F)c2)c1=O. The minimum Gasteiger partial charge on any atom is -0.302 e. The van der Waals surface area contributed by atoms with Crippen LogP contribution in [0.3, 0.4) is 0 Å². The average Bonchev–Trinajstić information content (AvgIpc) is 2.48. The van der Waals surface area contributed by atoms with E-state index in [0.717, 1.165) is 6.07 Å². The molecular formula is C11H10F2N2O. The maximum atomic E-state index is 12.9. The van der Waals surface area contributed by atoms with Crippen LogP contribution in [0.4, 0.5) is 8.78 Å². The number of rotatable bonds is 2. The van der Waals surface area contributed by atoms with E-state index in [4.69, 9.17) is 0 Å². The van der Waals surface area contributed by atoms with Gasteiger partial charge in [-0.25, -0.2) is 13.6 Å². The van der Waals surface area contributed by atoms with E-state index in [-0.39, 0.29) is 12.2 Å². The van der Waals surface area contributed by atoms with E-state index in [0.29, 0.717) is 5.56 Å². The molecule has 5 heteroatoms. The molecule has 0 aliphatic rings. The molecule has 0 atom stereocenters. The number of aromatic nitrogens is 2. The van der Waals surface area contributed by atoms with E-state index in [2.05, 4.69) is 0 Å². The van der Waals surface area contributed by atoms with Crippen LogP contribution < -0.4 is 5.69 Å². The zero-order valence-electron chi connectivity index (χ0n) is 8.65. The molecule has 2 rings (SSSR count). The fraction of sp³-hybridized carbons (Fsp3) is 0.182. The van der Waals surface area contributed by atoms with Crippen molar-refractivity contribution >= 4 is 0 Å². The number of aryl methyl sites for hydroxylation is 1. The van der Waals surface area contributed by atoms with E-state index in [9.17, 15) is 13.6 Å². The molecule has 0 bridgehead atoms. The summed E-state index contributed by atoms with van der Waals surface area (Å²) in [5, 5.41) is 0. The van der Waals surface area contributed by atoms with Gasteiger partial charge in [-0.3, -0.25) is 4.57 Å². The van der Waals surface area contributed by atoms with Gasteiger partial charge in [0.15, 0.2) is 0 Å². The highest BCUT2D eigenvalue weighted by molar-refractivity contribution is 5.18. The number of nitrogens with zero attached hydrogens (tertiary/aromatic N) is 2. The van der Waals surface area contributed by atoms with E-state index in [1.165, 1.54) is 21.3 Å². The van der Waals surface area contributed by atoms with Crippen molar-refractivity contribution < 1.29 is 8.78 Å². The Morgan fingerprint density at radius 3 is 2.25 bits per heavy atom. The van der Waals surface area contributed by atoms with Crippen LogP contribution in [0, 0.1) is 11.6 Å². The van der Waals surface area contributed by atoms with Crippen molar-refractivity contribution in [3.8, 4) is 0 Å². The summed E-state index contributed by atoms with van der Waals surface area (Å²) in [4.78, 5) is 11.5. The summed E-state index contributed by atoms with van der Waals surface area (Å²) in [5.41, 5.74) is 0.204. The van der Waals surface area contributed by atoms with Crippen molar-refractivity contribution in [2.24, 2.45) is 7.05 Å². The van der Waals surface area contributed by atoms with Crippen molar-refractivity contribution in [3.05, 3.63) is 58.3 Å². The zero-order chi connectivity index (χ0) is 11.7. The highest BCUT2D eigenvalue weighted by Crippen LogP contribution is 2.08. The predicted octanol–water partition coefficient (Wildman–Crippen LogP) is 1.51. The van der Waals surface area contributed by atoms with Crippen LogP contribution >= 0.6 is 0 Å². The lowest BCUT2D eigenvalue weighted by Gasteiger charge is -2.02. The molecule has 1 heterocycles. The van der Waals surface area contributed by atoms with Gasteiger partial charge in [0, 0.05) is 25.5 Å². The summed E-state index contributed by atoms with van der Waals surface area (Å²) in [6, 6.07) is 3.22. The molecule has 1 aromatic heterocycles. The van der Waals surface area contributed by atoms with E-state index in [1.807, 2.05) is 0 Å². The first-order valence-corrected chi connectivity index (χ1v) is 4.73. The van der Waals surface area contributed by atoms with Crippen LogP contribution in [0.25, 0.3) is 0 Å². The first kappa shape index (κ1) is 10.6. The lowest BCUT2D eigenvalue weighted by atomic mass is 10.2. The van der Waals surface area contributed by atoms with Crippen molar-refractivity contribution in [3.63, 3.8) is 0 Å². The van der Waals surface area contributed by atoms with Crippen molar-refractivity contribution in [1.82, 2.24) is 9.13 Å². The fourth-order valence-electron chi connectivity index (χ4n) is 1.53. The Hall–Kier alpha value is -1.91. The third-order valence-corrected chi connectivity index (χ3v) is 2.29. The van der Waals surface area contributed by atoms with Crippen LogP contribution in [-0.2, 0) is 13.6 Å². The molecule has 16 heavy (non-hydrogen) atoms. The smallest absolute Gasteiger partial charge is 0.302 e. The van der Waals surface area contributed by atoms with Gasteiger partial charge in [-0.15, -0.1) is 0 Å². The van der Waals surface area contributed by atoms with Crippen LogP contribution in [0.15, 0.2) is 35.4 Å². The van der Waals surface area contributed by atoms with Gasteiger partial charge in [0.05, 0.1) is 6.54 Å². The van der Waals surface area contributed by atoms with Gasteiger partial charge in [-0.2, -0.15) is 0 Å². The number of benzene rings is 1. The van der Waals surface area contributed by atoms with E-state index < -0.39 is 11.6 Å². The summed E-state index contributed by atoms with van der Waals surface area (Å²) in [6.45, 7) is 0.161. The Kier molecular flexibility index (Phi) is 2.60. The third-order valence-electron chi connectivity index (χ3n) is 2.29. The van der Waals surface area contributed by atoms with Crippen molar-refractivity contribution in [2.75, 3.05) is 0 Å². The number of hydrogen-bond donors (Lipinski definition) is 0. The number of hydrogen-bond acceptors (Lipinski definition) is 1. The van der Waals surface area contributed by atoms with E-state index in [1.54, 1.807) is 19.4 Å². The second-order valence-electron chi connectivity index (χ2n) is 3.60. The van der Waals surface area contributed by atoms with Gasteiger partial charge in [0.2, 0.25) is 0 Å². The predicted molar refractivity (Wildman–Crippen MR) is 55.1 cm³/mol. The van der Waals surface area contributed by atoms with Gasteiger partial charge in [0.25, 0.3) is 0 Å². The molecule has 3 nitrogen and oxygen atoms in total. The molecule has 0 unspecified atom stereocenters. The van der Waals surface area contributed by atoms with E-state index >= 15 is 0 Å². The second-order valence-corrected chi connectivity index (χ2v) is 3.60. The summed E-state index contributed by atoms with van der Waals surface area (Å²) in [7, 11) is 1.62. The van der Waals surface area contributed by atoms with Crippen LogP contribution in [0.5, 0.6) is 0 Å². The molecule has 1 aromatic carbocycles. The first-order valence-electron chi connectivity index (χ1n) is 4.73. The maximum absolute atomic E-state index is 12.9. The molecule has 0 aliphatic carbocycles. The maximum Gasteiger partial charge on any atom is 0.328 e.